The lowest BCUT2D eigenvalue weighted by atomic mass is 10.3. The van der Waals surface area contributed by atoms with Crippen molar-refractivity contribution in [3.05, 3.63) is 11.3 Å². The number of hydrogen-bond acceptors (Lipinski definition) is 4. The lowest BCUT2D eigenvalue weighted by Gasteiger charge is -1.99. The number of aliphatic hydroxyl groups is 1. The van der Waals surface area contributed by atoms with Gasteiger partial charge in [-0.25, -0.2) is 4.79 Å². The van der Waals surface area contributed by atoms with E-state index in [-0.39, 0.29) is 12.2 Å². The molecule has 0 heterocycles. The third-order valence-electron chi connectivity index (χ3n) is 0.992. The first-order valence-corrected chi connectivity index (χ1v) is 3.10. The molecule has 0 aromatic heterocycles. The van der Waals surface area contributed by atoms with Crippen LogP contribution >= 0.6 is 0 Å². The summed E-state index contributed by atoms with van der Waals surface area (Å²) in [6.07, 6.45) is 0. The maximum atomic E-state index is 10.7. The van der Waals surface area contributed by atoms with Crippen molar-refractivity contribution < 1.29 is 14.6 Å². The van der Waals surface area contributed by atoms with Crippen LogP contribution in [0, 0.1) is 11.3 Å². The number of hydrogen-bond donors (Lipinski definition) is 1. The third kappa shape index (κ3) is 2.72. The van der Waals surface area contributed by atoms with Crippen molar-refractivity contribution in [2.45, 2.75) is 13.8 Å². The summed E-state index contributed by atoms with van der Waals surface area (Å²) in [5, 5.41) is 17.1. The molecule has 0 aromatic rings. The Balaban J connectivity index is 4.37. The maximum Gasteiger partial charge on any atom is 0.374 e. The van der Waals surface area contributed by atoms with E-state index >= 15 is 0 Å². The first-order chi connectivity index (χ1) is 5.13. The minimum absolute atomic E-state index is 0.0385. The second-order valence-corrected chi connectivity index (χ2v) is 1.81. The smallest absolute Gasteiger partial charge is 0.374 e. The molecule has 0 saturated carbocycles. The van der Waals surface area contributed by atoms with E-state index in [0.717, 1.165) is 0 Å². The number of aliphatic hydroxyl groups excluding tert-OH is 1. The van der Waals surface area contributed by atoms with Gasteiger partial charge < -0.3 is 9.84 Å². The largest absolute Gasteiger partial charge is 0.501 e. The quantitative estimate of drug-likeness (QED) is 0.278. The van der Waals surface area contributed by atoms with E-state index in [0.29, 0.717) is 0 Å². The summed E-state index contributed by atoms with van der Waals surface area (Å²) in [4.78, 5) is 10.7. The fourth-order valence-electron chi connectivity index (χ4n) is 0.405. The van der Waals surface area contributed by atoms with Gasteiger partial charge in [0.15, 0.2) is 0 Å². The first-order valence-electron chi connectivity index (χ1n) is 3.10. The standard InChI is InChI=1S/C7H9NO3/c1-3-11-7(10)6(9)5(2)4-8/h9H,3H2,1-2H3/b6-5+. The number of nitriles is 1. The molecule has 4 heteroatoms. The molecule has 60 valence electrons. The molecule has 0 aromatic carbocycles. The Labute approximate surface area is 64.7 Å². The normalized spacial score (nSPS) is 11.4. The summed E-state index contributed by atoms with van der Waals surface area (Å²) in [7, 11) is 0. The summed E-state index contributed by atoms with van der Waals surface area (Å²) < 4.78 is 4.43. The number of allylic oxidation sites excluding steroid dienone is 1. The van der Waals surface area contributed by atoms with E-state index in [1.807, 2.05) is 0 Å². The molecule has 0 bridgehead atoms. The van der Waals surface area contributed by atoms with E-state index in [4.69, 9.17) is 10.4 Å². The van der Waals surface area contributed by atoms with Gasteiger partial charge in [0.2, 0.25) is 5.76 Å². The SMILES string of the molecule is CCOC(=O)/C(O)=C(/C)C#N. The minimum atomic E-state index is -0.855. The second kappa shape index (κ2) is 4.34. The third-order valence-corrected chi connectivity index (χ3v) is 0.992. The van der Waals surface area contributed by atoms with Crippen LogP contribution in [-0.4, -0.2) is 17.7 Å². The average molecular weight is 155 g/mol. The summed E-state index contributed by atoms with van der Waals surface area (Å²) >= 11 is 0. The highest BCUT2D eigenvalue weighted by atomic mass is 16.5. The minimum Gasteiger partial charge on any atom is -0.501 e. The van der Waals surface area contributed by atoms with Crippen LogP contribution in [0.4, 0.5) is 0 Å². The topological polar surface area (TPSA) is 70.3 Å². The maximum absolute atomic E-state index is 10.7. The molecule has 0 aliphatic carbocycles. The van der Waals surface area contributed by atoms with Gasteiger partial charge in [-0.05, 0) is 13.8 Å². The van der Waals surface area contributed by atoms with Crippen LogP contribution in [0.1, 0.15) is 13.8 Å². The van der Waals surface area contributed by atoms with Gasteiger partial charge >= 0.3 is 5.97 Å². The van der Waals surface area contributed by atoms with Crippen molar-refractivity contribution in [3.8, 4) is 6.07 Å². The molecule has 1 N–H and O–H groups in total. The molecule has 0 amide bonds. The molecule has 0 aliphatic rings. The predicted molar refractivity (Wildman–Crippen MR) is 37.6 cm³/mol. The highest BCUT2D eigenvalue weighted by molar-refractivity contribution is 5.87. The van der Waals surface area contributed by atoms with Gasteiger partial charge in [0.05, 0.1) is 18.2 Å². The lowest BCUT2D eigenvalue weighted by Crippen LogP contribution is -2.08. The molecule has 4 nitrogen and oxygen atoms in total. The summed E-state index contributed by atoms with van der Waals surface area (Å²) in [5.74, 6) is -1.47. The molecule has 0 atom stereocenters. The van der Waals surface area contributed by atoms with Gasteiger partial charge in [-0.3, -0.25) is 0 Å². The molecule has 0 rings (SSSR count). The molecule has 0 fully saturated rings. The molecule has 11 heavy (non-hydrogen) atoms. The van der Waals surface area contributed by atoms with E-state index in [1.165, 1.54) is 6.92 Å². The van der Waals surface area contributed by atoms with E-state index < -0.39 is 11.7 Å². The Morgan fingerprint density at radius 1 is 1.73 bits per heavy atom. The lowest BCUT2D eigenvalue weighted by molar-refractivity contribution is -0.141. The first kappa shape index (κ1) is 9.50. The Bertz CT molecular complexity index is 224. The zero-order chi connectivity index (χ0) is 8.85. The van der Waals surface area contributed by atoms with Gasteiger partial charge in [-0.15, -0.1) is 0 Å². The molecule has 0 aliphatic heterocycles. The molecule has 0 radical (unpaired) electrons. The van der Waals surface area contributed by atoms with Crippen LogP contribution in [0.2, 0.25) is 0 Å². The molecular formula is C7H9NO3. The summed E-state index contributed by atoms with van der Waals surface area (Å²) in [6.45, 7) is 3.14. The van der Waals surface area contributed by atoms with Crippen molar-refractivity contribution in [1.29, 1.82) is 5.26 Å². The number of ether oxygens (including phenoxy) is 1. The number of carbonyl (C=O) groups is 1. The number of carbonyl (C=O) groups excluding carboxylic acids is 1. The fraction of sp³-hybridized carbons (Fsp3) is 0.429. The van der Waals surface area contributed by atoms with Crippen LogP contribution in [0.3, 0.4) is 0 Å². The van der Waals surface area contributed by atoms with Crippen LogP contribution < -0.4 is 0 Å². The van der Waals surface area contributed by atoms with Gasteiger partial charge in [-0.1, -0.05) is 0 Å². The highest BCUT2D eigenvalue weighted by Crippen LogP contribution is 2.00. The van der Waals surface area contributed by atoms with Crippen molar-refractivity contribution >= 4 is 5.97 Å². The molecule has 0 spiro atoms. The number of rotatable bonds is 2. The second-order valence-electron chi connectivity index (χ2n) is 1.81. The van der Waals surface area contributed by atoms with Crippen LogP contribution in [0.15, 0.2) is 11.3 Å². The van der Waals surface area contributed by atoms with Gasteiger partial charge in [0, 0.05) is 0 Å². The van der Waals surface area contributed by atoms with Crippen LogP contribution in [0.25, 0.3) is 0 Å². The molecule has 0 unspecified atom stereocenters. The molecule has 0 saturated heterocycles. The number of nitrogens with zero attached hydrogens (tertiary/aromatic N) is 1. The van der Waals surface area contributed by atoms with Crippen LogP contribution in [0.5, 0.6) is 0 Å². The summed E-state index contributed by atoms with van der Waals surface area (Å²) in [6, 6.07) is 1.63. The van der Waals surface area contributed by atoms with Gasteiger partial charge in [-0.2, -0.15) is 5.26 Å². The summed E-state index contributed by atoms with van der Waals surface area (Å²) in [5.41, 5.74) is -0.0385. The van der Waals surface area contributed by atoms with Crippen LogP contribution in [-0.2, 0) is 9.53 Å². The molecular weight excluding hydrogens is 146 g/mol. The monoisotopic (exact) mass is 155 g/mol. The van der Waals surface area contributed by atoms with Gasteiger partial charge in [0.1, 0.15) is 0 Å². The average Bonchev–Trinajstić information content (AvgIpc) is 2.02. The fourth-order valence-corrected chi connectivity index (χ4v) is 0.405. The van der Waals surface area contributed by atoms with Crippen molar-refractivity contribution in [2.75, 3.05) is 6.61 Å². The van der Waals surface area contributed by atoms with E-state index in [1.54, 1.807) is 13.0 Å². The van der Waals surface area contributed by atoms with Crippen molar-refractivity contribution in [3.63, 3.8) is 0 Å². The zero-order valence-electron chi connectivity index (χ0n) is 6.42. The Morgan fingerprint density at radius 2 is 2.27 bits per heavy atom. The van der Waals surface area contributed by atoms with Crippen molar-refractivity contribution in [1.82, 2.24) is 0 Å². The Morgan fingerprint density at radius 3 is 2.64 bits per heavy atom. The Hall–Kier alpha value is -1.50. The number of esters is 1. The Kier molecular flexibility index (Phi) is 3.75. The van der Waals surface area contributed by atoms with E-state index in [9.17, 15) is 4.79 Å². The van der Waals surface area contributed by atoms with E-state index in [2.05, 4.69) is 4.74 Å². The highest BCUT2D eigenvalue weighted by Gasteiger charge is 2.11. The van der Waals surface area contributed by atoms with Gasteiger partial charge in [0.25, 0.3) is 0 Å². The van der Waals surface area contributed by atoms with Crippen molar-refractivity contribution in [2.24, 2.45) is 0 Å². The zero-order valence-corrected chi connectivity index (χ0v) is 6.42. The predicted octanol–water partition coefficient (Wildman–Crippen LogP) is 0.905.